The molecule has 0 unspecified atom stereocenters. The first-order chi connectivity index (χ1) is 8.84. The van der Waals surface area contributed by atoms with Crippen LogP contribution in [0.2, 0.25) is 5.02 Å². The molecular formula is C13H11ClN4. The zero-order chi connectivity index (χ0) is 12.4. The number of hydrogen-bond acceptors (Lipinski definition) is 3. The summed E-state index contributed by atoms with van der Waals surface area (Å²) in [6, 6.07) is 9.70. The molecule has 3 rings (SSSR count). The normalized spacial score (nSPS) is 10.7. The van der Waals surface area contributed by atoms with Crippen molar-refractivity contribution in [1.29, 1.82) is 0 Å². The standard InChI is InChI=1S/C13H11ClN4/c14-11-4-2-1-3-9(11)7-16-13-10-5-6-15-12(10)17-8-18-13/h1-6,8H,7H2,(H2,15,16,17,18). The molecule has 4 nitrogen and oxygen atoms in total. The van der Waals surface area contributed by atoms with Crippen molar-refractivity contribution in [3.63, 3.8) is 0 Å². The van der Waals surface area contributed by atoms with Crippen molar-refractivity contribution in [2.24, 2.45) is 0 Å². The second-order valence-electron chi connectivity index (χ2n) is 3.91. The van der Waals surface area contributed by atoms with Crippen LogP contribution in [0.4, 0.5) is 5.82 Å². The molecule has 5 heteroatoms. The van der Waals surface area contributed by atoms with E-state index in [1.54, 1.807) is 0 Å². The maximum Gasteiger partial charge on any atom is 0.142 e. The van der Waals surface area contributed by atoms with Gasteiger partial charge in [-0.2, -0.15) is 0 Å². The van der Waals surface area contributed by atoms with Crippen LogP contribution in [-0.4, -0.2) is 15.0 Å². The minimum absolute atomic E-state index is 0.636. The van der Waals surface area contributed by atoms with Gasteiger partial charge in [0.1, 0.15) is 17.8 Å². The van der Waals surface area contributed by atoms with E-state index in [2.05, 4.69) is 20.3 Å². The molecule has 0 aliphatic rings. The van der Waals surface area contributed by atoms with E-state index in [1.165, 1.54) is 6.33 Å². The van der Waals surface area contributed by atoms with Crippen molar-refractivity contribution in [2.75, 3.05) is 5.32 Å². The molecule has 0 saturated carbocycles. The van der Waals surface area contributed by atoms with Crippen LogP contribution in [0.1, 0.15) is 5.56 Å². The second kappa shape index (κ2) is 4.66. The molecule has 2 N–H and O–H groups in total. The summed E-state index contributed by atoms with van der Waals surface area (Å²) in [6.07, 6.45) is 3.38. The van der Waals surface area contributed by atoms with Crippen molar-refractivity contribution in [3.8, 4) is 0 Å². The molecule has 18 heavy (non-hydrogen) atoms. The third-order valence-electron chi connectivity index (χ3n) is 2.76. The van der Waals surface area contributed by atoms with Crippen LogP contribution >= 0.6 is 11.6 Å². The van der Waals surface area contributed by atoms with Crippen LogP contribution in [0.15, 0.2) is 42.9 Å². The van der Waals surface area contributed by atoms with Gasteiger partial charge in [-0.15, -0.1) is 0 Å². The summed E-state index contributed by atoms with van der Waals surface area (Å²) >= 11 is 6.11. The molecule has 0 amide bonds. The number of halogens is 1. The number of anilines is 1. The molecule has 0 radical (unpaired) electrons. The van der Waals surface area contributed by atoms with Crippen LogP contribution in [0.25, 0.3) is 11.0 Å². The minimum atomic E-state index is 0.636. The Labute approximate surface area is 109 Å². The predicted octanol–water partition coefficient (Wildman–Crippen LogP) is 3.22. The molecule has 1 aromatic carbocycles. The average Bonchev–Trinajstić information content (AvgIpc) is 2.86. The Morgan fingerprint density at radius 2 is 2.06 bits per heavy atom. The monoisotopic (exact) mass is 258 g/mol. The van der Waals surface area contributed by atoms with Crippen molar-refractivity contribution in [3.05, 3.63) is 53.4 Å². The molecule has 0 aliphatic heterocycles. The van der Waals surface area contributed by atoms with Gasteiger partial charge in [0.25, 0.3) is 0 Å². The Bertz CT molecular complexity index is 677. The highest BCUT2D eigenvalue weighted by Gasteiger charge is 2.04. The number of hydrogen-bond donors (Lipinski definition) is 2. The summed E-state index contributed by atoms with van der Waals surface area (Å²) < 4.78 is 0. The highest BCUT2D eigenvalue weighted by molar-refractivity contribution is 6.31. The maximum atomic E-state index is 6.11. The molecular weight excluding hydrogens is 248 g/mol. The fourth-order valence-electron chi connectivity index (χ4n) is 1.83. The molecule has 90 valence electrons. The maximum absolute atomic E-state index is 6.11. The zero-order valence-electron chi connectivity index (χ0n) is 9.52. The van der Waals surface area contributed by atoms with E-state index < -0.39 is 0 Å². The fourth-order valence-corrected chi connectivity index (χ4v) is 2.04. The first-order valence-corrected chi connectivity index (χ1v) is 5.98. The number of nitrogens with zero attached hydrogens (tertiary/aromatic N) is 2. The second-order valence-corrected chi connectivity index (χ2v) is 4.31. The number of aromatic amines is 1. The lowest BCUT2D eigenvalue weighted by molar-refractivity contribution is 1.10. The number of nitrogens with one attached hydrogen (secondary N) is 2. The molecule has 0 atom stereocenters. The molecule has 0 spiro atoms. The summed E-state index contributed by atoms with van der Waals surface area (Å²) in [5, 5.41) is 5.01. The van der Waals surface area contributed by atoms with Gasteiger partial charge in [-0.1, -0.05) is 29.8 Å². The van der Waals surface area contributed by atoms with Crippen LogP contribution < -0.4 is 5.32 Å². The van der Waals surface area contributed by atoms with E-state index in [1.807, 2.05) is 36.5 Å². The Morgan fingerprint density at radius 3 is 2.94 bits per heavy atom. The smallest absolute Gasteiger partial charge is 0.142 e. The van der Waals surface area contributed by atoms with Crippen LogP contribution in [0.3, 0.4) is 0 Å². The fraction of sp³-hybridized carbons (Fsp3) is 0.0769. The number of benzene rings is 1. The molecule has 0 saturated heterocycles. The number of H-pyrrole nitrogens is 1. The topological polar surface area (TPSA) is 53.6 Å². The number of fused-ring (bicyclic) bond motifs is 1. The summed E-state index contributed by atoms with van der Waals surface area (Å²) in [4.78, 5) is 11.4. The third-order valence-corrected chi connectivity index (χ3v) is 3.13. The van der Waals surface area contributed by atoms with E-state index in [9.17, 15) is 0 Å². The number of aromatic nitrogens is 3. The lowest BCUT2D eigenvalue weighted by atomic mass is 10.2. The summed E-state index contributed by atoms with van der Waals surface area (Å²) in [5.41, 5.74) is 1.87. The Balaban J connectivity index is 1.85. The quantitative estimate of drug-likeness (QED) is 0.758. The predicted molar refractivity (Wildman–Crippen MR) is 72.7 cm³/mol. The molecule has 0 bridgehead atoms. The van der Waals surface area contributed by atoms with Gasteiger partial charge < -0.3 is 10.3 Å². The number of rotatable bonds is 3. The first-order valence-electron chi connectivity index (χ1n) is 5.60. The van der Waals surface area contributed by atoms with Crippen molar-refractivity contribution in [1.82, 2.24) is 15.0 Å². The van der Waals surface area contributed by atoms with Crippen molar-refractivity contribution < 1.29 is 0 Å². The van der Waals surface area contributed by atoms with E-state index in [4.69, 9.17) is 11.6 Å². The van der Waals surface area contributed by atoms with Gasteiger partial charge in [-0.05, 0) is 17.7 Å². The zero-order valence-corrected chi connectivity index (χ0v) is 10.3. The van der Waals surface area contributed by atoms with Gasteiger partial charge in [0, 0.05) is 17.8 Å². The van der Waals surface area contributed by atoms with Gasteiger partial charge >= 0.3 is 0 Å². The highest BCUT2D eigenvalue weighted by atomic mass is 35.5. The molecule has 2 heterocycles. The molecule has 0 fully saturated rings. The lowest BCUT2D eigenvalue weighted by Gasteiger charge is -2.07. The van der Waals surface area contributed by atoms with Gasteiger partial charge in [0.2, 0.25) is 0 Å². The third kappa shape index (κ3) is 2.02. The molecule has 2 aromatic heterocycles. The lowest BCUT2D eigenvalue weighted by Crippen LogP contribution is -2.02. The van der Waals surface area contributed by atoms with E-state index in [0.29, 0.717) is 6.54 Å². The van der Waals surface area contributed by atoms with Crippen LogP contribution in [-0.2, 0) is 6.54 Å². The van der Waals surface area contributed by atoms with Crippen LogP contribution in [0, 0.1) is 0 Å². The Hall–Kier alpha value is -2.07. The summed E-state index contributed by atoms with van der Waals surface area (Å²) in [5.74, 6) is 0.807. The molecule has 3 aromatic rings. The van der Waals surface area contributed by atoms with Gasteiger partial charge in [-0.25, -0.2) is 9.97 Å². The Morgan fingerprint density at radius 1 is 1.17 bits per heavy atom. The SMILES string of the molecule is Clc1ccccc1CNc1ncnc2[nH]ccc12. The van der Waals surface area contributed by atoms with Crippen molar-refractivity contribution >= 4 is 28.5 Å². The van der Waals surface area contributed by atoms with E-state index in [-0.39, 0.29) is 0 Å². The highest BCUT2D eigenvalue weighted by Crippen LogP contribution is 2.20. The van der Waals surface area contributed by atoms with E-state index in [0.717, 1.165) is 27.4 Å². The molecule has 0 aliphatic carbocycles. The average molecular weight is 259 g/mol. The van der Waals surface area contributed by atoms with Crippen molar-refractivity contribution in [2.45, 2.75) is 6.54 Å². The summed E-state index contributed by atoms with van der Waals surface area (Å²) in [6.45, 7) is 0.636. The Kier molecular flexibility index (Phi) is 2.86. The van der Waals surface area contributed by atoms with Gasteiger partial charge in [0.05, 0.1) is 5.39 Å². The minimum Gasteiger partial charge on any atom is -0.365 e. The van der Waals surface area contributed by atoms with Gasteiger partial charge in [-0.3, -0.25) is 0 Å². The summed E-state index contributed by atoms with van der Waals surface area (Å²) in [7, 11) is 0. The van der Waals surface area contributed by atoms with Crippen LogP contribution in [0.5, 0.6) is 0 Å². The largest absolute Gasteiger partial charge is 0.365 e. The van der Waals surface area contributed by atoms with E-state index >= 15 is 0 Å². The first kappa shape index (κ1) is 11.0. The van der Waals surface area contributed by atoms with Gasteiger partial charge in [0.15, 0.2) is 0 Å².